The molecule has 0 radical (unpaired) electrons. The molecule has 3 N–H and O–H groups in total. The van der Waals surface area contributed by atoms with Gasteiger partial charge in [0.1, 0.15) is 0 Å². The third kappa shape index (κ3) is 2.66. The van der Waals surface area contributed by atoms with Crippen LogP contribution in [0.15, 0.2) is 41.2 Å². The first-order valence-corrected chi connectivity index (χ1v) is 6.69. The quantitative estimate of drug-likeness (QED) is 0.724. The first-order valence-electron chi connectivity index (χ1n) is 6.69. The van der Waals surface area contributed by atoms with Crippen LogP contribution < -0.4 is 15.8 Å². The lowest BCUT2D eigenvalue weighted by Gasteiger charge is -2.22. The molecule has 0 bridgehead atoms. The van der Waals surface area contributed by atoms with Crippen molar-refractivity contribution in [3.63, 3.8) is 0 Å². The lowest BCUT2D eigenvalue weighted by molar-refractivity contribution is 0.0987. The smallest absolute Gasteiger partial charge is 0.258 e. The number of benzene rings is 1. The van der Waals surface area contributed by atoms with E-state index in [0.29, 0.717) is 19.6 Å². The summed E-state index contributed by atoms with van der Waals surface area (Å²) in [6, 6.07) is 10.1. The number of para-hydroxylation sites is 1. The molecule has 0 aliphatic carbocycles. The summed E-state index contributed by atoms with van der Waals surface area (Å²) in [5.41, 5.74) is 1.53. The number of aromatic nitrogens is 1. The Balaban J connectivity index is 2.03. The molecular weight excluding hydrogens is 270 g/mol. The summed E-state index contributed by atoms with van der Waals surface area (Å²) in [5, 5.41) is 12.7. The third-order valence-corrected chi connectivity index (χ3v) is 3.43. The van der Waals surface area contributed by atoms with Crippen LogP contribution in [-0.2, 0) is 6.54 Å². The average molecular weight is 285 g/mol. The summed E-state index contributed by atoms with van der Waals surface area (Å²) in [5.74, 6) is -0.611. The fourth-order valence-electron chi connectivity index (χ4n) is 2.48. The zero-order valence-corrected chi connectivity index (χ0v) is 11.3. The van der Waals surface area contributed by atoms with Crippen molar-refractivity contribution in [2.75, 3.05) is 18.0 Å². The van der Waals surface area contributed by atoms with Gasteiger partial charge in [0.2, 0.25) is 0 Å². The molecule has 1 aliphatic heterocycles. The van der Waals surface area contributed by atoms with Crippen LogP contribution in [0, 0.1) is 0 Å². The number of H-pyrrole nitrogens is 1. The molecule has 1 aromatic carbocycles. The van der Waals surface area contributed by atoms with E-state index in [4.69, 9.17) is 0 Å². The molecule has 21 heavy (non-hydrogen) atoms. The van der Waals surface area contributed by atoms with E-state index in [9.17, 15) is 14.7 Å². The number of carbonyl (C=O) groups excluding carboxylic acids is 1. The van der Waals surface area contributed by atoms with Crippen molar-refractivity contribution in [1.29, 1.82) is 0 Å². The lowest BCUT2D eigenvalue weighted by atomic mass is 10.1. The van der Waals surface area contributed by atoms with Gasteiger partial charge < -0.3 is 15.3 Å². The Kier molecular flexibility index (Phi) is 3.45. The Bertz CT molecular complexity index is 739. The number of aromatic amines is 1. The van der Waals surface area contributed by atoms with Crippen LogP contribution in [0.5, 0.6) is 5.88 Å². The number of hydrogen-bond donors (Lipinski definition) is 3. The third-order valence-electron chi connectivity index (χ3n) is 3.43. The zero-order chi connectivity index (χ0) is 14.8. The first kappa shape index (κ1) is 13.4. The van der Waals surface area contributed by atoms with Gasteiger partial charge in [0.15, 0.2) is 5.88 Å². The van der Waals surface area contributed by atoms with Gasteiger partial charge in [-0.25, -0.2) is 0 Å². The van der Waals surface area contributed by atoms with Gasteiger partial charge in [-0.05, 0) is 11.6 Å². The summed E-state index contributed by atoms with van der Waals surface area (Å²) in [6.45, 7) is 1.86. The Morgan fingerprint density at radius 1 is 1.24 bits per heavy atom. The van der Waals surface area contributed by atoms with Gasteiger partial charge in [-0.3, -0.25) is 14.6 Å². The van der Waals surface area contributed by atoms with Gasteiger partial charge in [0.25, 0.3) is 11.5 Å². The molecule has 108 valence electrons. The molecule has 0 spiro atoms. The summed E-state index contributed by atoms with van der Waals surface area (Å²) < 4.78 is 0. The molecule has 0 atom stereocenters. The Morgan fingerprint density at radius 3 is 2.86 bits per heavy atom. The number of aromatic hydroxyl groups is 1. The Hall–Kier alpha value is -2.60. The topological polar surface area (TPSA) is 85.4 Å². The minimum Gasteiger partial charge on any atom is -0.494 e. The highest BCUT2D eigenvalue weighted by Crippen LogP contribution is 2.24. The molecule has 0 saturated heterocycles. The van der Waals surface area contributed by atoms with Crippen molar-refractivity contribution in [2.45, 2.75) is 6.54 Å². The first-order chi connectivity index (χ1) is 10.1. The Morgan fingerprint density at radius 2 is 2.05 bits per heavy atom. The van der Waals surface area contributed by atoms with Gasteiger partial charge in [0.05, 0.1) is 5.56 Å². The zero-order valence-electron chi connectivity index (χ0n) is 11.3. The SMILES string of the molecule is O=C(c1cc(O)[nH]c(=O)c1)N1CCNCc2ccccc21. The molecule has 6 nitrogen and oxygen atoms in total. The van der Waals surface area contributed by atoms with Crippen LogP contribution in [-0.4, -0.2) is 29.1 Å². The van der Waals surface area contributed by atoms with Crippen LogP contribution in [0.25, 0.3) is 0 Å². The fourth-order valence-corrected chi connectivity index (χ4v) is 2.48. The number of nitrogens with zero attached hydrogens (tertiary/aromatic N) is 1. The van der Waals surface area contributed by atoms with E-state index in [2.05, 4.69) is 10.3 Å². The number of anilines is 1. The van der Waals surface area contributed by atoms with Crippen molar-refractivity contribution < 1.29 is 9.90 Å². The summed E-state index contributed by atoms with van der Waals surface area (Å²) in [6.07, 6.45) is 0. The maximum absolute atomic E-state index is 12.7. The number of fused-ring (bicyclic) bond motifs is 1. The van der Waals surface area contributed by atoms with Crippen LogP contribution >= 0.6 is 0 Å². The van der Waals surface area contributed by atoms with Gasteiger partial charge in [-0.15, -0.1) is 0 Å². The van der Waals surface area contributed by atoms with E-state index in [1.807, 2.05) is 24.3 Å². The second-order valence-electron chi connectivity index (χ2n) is 4.88. The summed E-state index contributed by atoms with van der Waals surface area (Å²) in [7, 11) is 0. The standard InChI is InChI=1S/C15H15N3O3/c19-13-7-11(8-14(20)17-13)15(21)18-6-5-16-9-10-3-1-2-4-12(10)18/h1-4,7-8,16H,5-6,9H2,(H2,17,19,20). The van der Waals surface area contributed by atoms with Crippen molar-refractivity contribution in [1.82, 2.24) is 10.3 Å². The Labute approximate surface area is 121 Å². The van der Waals surface area contributed by atoms with Crippen molar-refractivity contribution in [2.24, 2.45) is 0 Å². The molecule has 1 aromatic heterocycles. The van der Waals surface area contributed by atoms with Crippen LogP contribution in [0.4, 0.5) is 5.69 Å². The number of nitrogens with one attached hydrogen (secondary N) is 2. The number of carbonyl (C=O) groups is 1. The monoisotopic (exact) mass is 285 g/mol. The maximum atomic E-state index is 12.7. The van der Waals surface area contributed by atoms with Gasteiger partial charge in [0, 0.05) is 37.5 Å². The molecule has 3 rings (SSSR count). The van der Waals surface area contributed by atoms with Crippen molar-refractivity contribution >= 4 is 11.6 Å². The summed E-state index contributed by atoms with van der Waals surface area (Å²) >= 11 is 0. The van der Waals surface area contributed by atoms with Gasteiger partial charge in [-0.2, -0.15) is 0 Å². The van der Waals surface area contributed by atoms with E-state index in [0.717, 1.165) is 11.3 Å². The molecule has 6 heteroatoms. The molecule has 2 aromatic rings. The number of amides is 1. The highest BCUT2D eigenvalue weighted by Gasteiger charge is 2.22. The molecule has 1 aliphatic rings. The number of pyridine rings is 1. The molecule has 0 saturated carbocycles. The van der Waals surface area contributed by atoms with Crippen molar-refractivity contribution in [3.8, 4) is 5.88 Å². The number of hydrogen-bond acceptors (Lipinski definition) is 4. The van der Waals surface area contributed by atoms with E-state index in [-0.39, 0.29) is 17.4 Å². The highest BCUT2D eigenvalue weighted by atomic mass is 16.3. The second-order valence-corrected chi connectivity index (χ2v) is 4.88. The summed E-state index contributed by atoms with van der Waals surface area (Å²) in [4.78, 5) is 27.9. The van der Waals surface area contributed by atoms with Crippen LogP contribution in [0.3, 0.4) is 0 Å². The maximum Gasteiger partial charge on any atom is 0.258 e. The highest BCUT2D eigenvalue weighted by molar-refractivity contribution is 6.06. The van der Waals surface area contributed by atoms with Crippen LogP contribution in [0.1, 0.15) is 15.9 Å². The average Bonchev–Trinajstić information content (AvgIpc) is 2.68. The molecule has 0 fully saturated rings. The second kappa shape index (κ2) is 5.41. The van der Waals surface area contributed by atoms with Gasteiger partial charge >= 0.3 is 0 Å². The molecular formula is C15H15N3O3. The van der Waals surface area contributed by atoms with E-state index in [1.165, 1.54) is 12.1 Å². The minimum atomic E-state index is -0.500. The molecule has 2 heterocycles. The lowest BCUT2D eigenvalue weighted by Crippen LogP contribution is -2.35. The fraction of sp³-hybridized carbons (Fsp3) is 0.200. The number of rotatable bonds is 1. The van der Waals surface area contributed by atoms with Crippen molar-refractivity contribution in [3.05, 3.63) is 57.9 Å². The van der Waals surface area contributed by atoms with E-state index >= 15 is 0 Å². The minimum absolute atomic E-state index is 0.174. The van der Waals surface area contributed by atoms with E-state index < -0.39 is 5.56 Å². The largest absolute Gasteiger partial charge is 0.494 e. The molecule has 1 amide bonds. The van der Waals surface area contributed by atoms with Crippen LogP contribution in [0.2, 0.25) is 0 Å². The predicted octanol–water partition coefficient (Wildman–Crippen LogP) is 0.830. The normalized spacial score (nSPS) is 14.4. The van der Waals surface area contributed by atoms with E-state index in [1.54, 1.807) is 4.90 Å². The molecule has 0 unspecified atom stereocenters. The van der Waals surface area contributed by atoms with Gasteiger partial charge in [-0.1, -0.05) is 18.2 Å². The predicted molar refractivity (Wildman–Crippen MR) is 78.6 cm³/mol.